The van der Waals surface area contributed by atoms with Gasteiger partial charge in [-0.25, -0.2) is 4.98 Å². The van der Waals surface area contributed by atoms with Gasteiger partial charge < -0.3 is 14.1 Å². The Morgan fingerprint density at radius 3 is 2.38 bits per heavy atom. The molecule has 0 amide bonds. The van der Waals surface area contributed by atoms with Crippen LogP contribution in [-0.4, -0.2) is 21.9 Å². The van der Waals surface area contributed by atoms with Crippen LogP contribution in [0.15, 0.2) is 101 Å². The van der Waals surface area contributed by atoms with Crippen molar-refractivity contribution in [3.05, 3.63) is 114 Å². The summed E-state index contributed by atoms with van der Waals surface area (Å²) in [4.78, 5) is 11.6. The van der Waals surface area contributed by atoms with Crippen LogP contribution in [0, 0.1) is 0 Å². The third kappa shape index (κ3) is 3.97. The normalized spacial score (nSPS) is 18.1. The maximum absolute atomic E-state index is 6.32. The van der Waals surface area contributed by atoms with Gasteiger partial charge in [-0.1, -0.05) is 42.5 Å². The SMILES string of the molecule is CN1C2=C(C=CCC2)OC1c1cccc(-c2cncc(-c3cccc(-c4nc5c(o4)C=CCC5)c3)c2)c1. The molecule has 2 aliphatic carbocycles. The highest BCUT2D eigenvalue weighted by atomic mass is 16.5. The summed E-state index contributed by atoms with van der Waals surface area (Å²) in [5.41, 5.74) is 8.75. The van der Waals surface area contributed by atoms with E-state index in [1.54, 1.807) is 0 Å². The van der Waals surface area contributed by atoms with E-state index in [1.807, 2.05) is 30.6 Å². The Balaban J connectivity index is 1.18. The minimum absolute atomic E-state index is 0.109. The maximum atomic E-state index is 6.32. The fourth-order valence-corrected chi connectivity index (χ4v) is 5.39. The summed E-state index contributed by atoms with van der Waals surface area (Å²) in [6.45, 7) is 0. The van der Waals surface area contributed by atoms with E-state index in [0.717, 1.165) is 76.3 Å². The fraction of sp³-hybridized carbons (Fsp3) is 0.188. The number of fused-ring (bicyclic) bond motifs is 1. The largest absolute Gasteiger partial charge is 0.464 e. The monoisotopic (exact) mass is 485 g/mol. The molecule has 4 aromatic rings. The first-order valence-electron chi connectivity index (χ1n) is 12.8. The average molecular weight is 486 g/mol. The molecular weight excluding hydrogens is 458 g/mol. The topological polar surface area (TPSA) is 51.4 Å². The van der Waals surface area contributed by atoms with Crippen LogP contribution in [-0.2, 0) is 11.2 Å². The molecule has 37 heavy (non-hydrogen) atoms. The molecule has 0 bridgehead atoms. The van der Waals surface area contributed by atoms with Gasteiger partial charge in [-0.3, -0.25) is 4.98 Å². The molecule has 0 N–H and O–H groups in total. The zero-order chi connectivity index (χ0) is 24.8. The van der Waals surface area contributed by atoms with Crippen molar-refractivity contribution in [1.29, 1.82) is 0 Å². The quantitative estimate of drug-likeness (QED) is 0.299. The van der Waals surface area contributed by atoms with Gasteiger partial charge in [0, 0.05) is 41.7 Å². The molecule has 1 unspecified atom stereocenters. The van der Waals surface area contributed by atoms with Crippen LogP contribution in [0.1, 0.15) is 42.5 Å². The molecule has 1 aliphatic heterocycles. The summed E-state index contributed by atoms with van der Waals surface area (Å²) < 4.78 is 12.4. The molecular formula is C32H27N3O2. The highest BCUT2D eigenvalue weighted by Crippen LogP contribution is 2.40. The van der Waals surface area contributed by atoms with E-state index in [0.29, 0.717) is 5.89 Å². The van der Waals surface area contributed by atoms with Crippen LogP contribution in [0.4, 0.5) is 0 Å². The van der Waals surface area contributed by atoms with Crippen molar-refractivity contribution < 1.29 is 9.15 Å². The Labute approximate surface area is 216 Å². The predicted molar refractivity (Wildman–Crippen MR) is 145 cm³/mol. The van der Waals surface area contributed by atoms with Crippen LogP contribution in [0.2, 0.25) is 0 Å². The molecule has 0 radical (unpaired) electrons. The number of hydrogen-bond acceptors (Lipinski definition) is 5. The fourth-order valence-electron chi connectivity index (χ4n) is 5.39. The van der Waals surface area contributed by atoms with Crippen LogP contribution < -0.4 is 0 Å². The third-order valence-corrected chi connectivity index (χ3v) is 7.35. The van der Waals surface area contributed by atoms with Gasteiger partial charge in [0.15, 0.2) is 12.0 Å². The number of hydrogen-bond donors (Lipinski definition) is 0. The smallest absolute Gasteiger partial charge is 0.226 e. The van der Waals surface area contributed by atoms with Crippen molar-refractivity contribution >= 4 is 6.08 Å². The van der Waals surface area contributed by atoms with Crippen molar-refractivity contribution in [3.8, 4) is 33.7 Å². The average Bonchev–Trinajstić information content (AvgIpc) is 3.55. The number of benzene rings is 2. The van der Waals surface area contributed by atoms with Gasteiger partial charge in [0.1, 0.15) is 5.76 Å². The van der Waals surface area contributed by atoms with Crippen molar-refractivity contribution in [2.24, 2.45) is 0 Å². The standard InChI is InChI=1S/C32H27N3O2/c1-35-28-13-3-5-15-30(28)37-32(35)24-11-7-9-22(17-24)26-18-25(19-33-20-26)21-8-6-10-23(16-21)31-34-27-12-2-4-14-29(27)36-31/h4-11,14-20,32H,2-3,12-13H2,1H3. The van der Waals surface area contributed by atoms with Gasteiger partial charge in [0.2, 0.25) is 5.89 Å². The van der Waals surface area contributed by atoms with E-state index in [9.17, 15) is 0 Å². The highest BCUT2D eigenvalue weighted by molar-refractivity contribution is 5.75. The van der Waals surface area contributed by atoms with Gasteiger partial charge in [-0.2, -0.15) is 0 Å². The first-order chi connectivity index (χ1) is 18.2. The number of aromatic nitrogens is 2. The highest BCUT2D eigenvalue weighted by Gasteiger charge is 2.31. The lowest BCUT2D eigenvalue weighted by atomic mass is 9.99. The minimum atomic E-state index is -0.109. The Kier molecular flexibility index (Phi) is 5.28. The lowest BCUT2D eigenvalue weighted by molar-refractivity contribution is 0.0587. The zero-order valence-corrected chi connectivity index (χ0v) is 20.7. The summed E-state index contributed by atoms with van der Waals surface area (Å²) in [5.74, 6) is 2.54. The second-order valence-corrected chi connectivity index (χ2v) is 9.77. The first kappa shape index (κ1) is 21.9. The van der Waals surface area contributed by atoms with Gasteiger partial charge >= 0.3 is 0 Å². The second-order valence-electron chi connectivity index (χ2n) is 9.77. The van der Waals surface area contributed by atoms with Crippen molar-refractivity contribution in [1.82, 2.24) is 14.9 Å². The molecule has 182 valence electrons. The van der Waals surface area contributed by atoms with Crippen molar-refractivity contribution in [2.45, 2.75) is 31.9 Å². The zero-order valence-electron chi connectivity index (χ0n) is 20.7. The Hall–Kier alpha value is -4.38. The molecule has 2 aromatic heterocycles. The molecule has 3 aliphatic rings. The Morgan fingerprint density at radius 1 is 0.811 bits per heavy atom. The molecule has 2 aromatic carbocycles. The number of rotatable bonds is 4. The number of pyridine rings is 1. The Morgan fingerprint density at radius 2 is 1.54 bits per heavy atom. The van der Waals surface area contributed by atoms with Crippen LogP contribution in [0.3, 0.4) is 0 Å². The molecule has 0 spiro atoms. The van der Waals surface area contributed by atoms with E-state index in [-0.39, 0.29) is 6.23 Å². The van der Waals surface area contributed by atoms with E-state index in [1.165, 1.54) is 5.70 Å². The number of allylic oxidation sites excluding steroid dienone is 4. The van der Waals surface area contributed by atoms with Crippen molar-refractivity contribution in [2.75, 3.05) is 7.05 Å². The first-order valence-corrected chi connectivity index (χ1v) is 12.8. The number of oxazole rings is 1. The van der Waals surface area contributed by atoms with Gasteiger partial charge in [0.05, 0.1) is 11.4 Å². The summed E-state index contributed by atoms with van der Waals surface area (Å²) in [5, 5.41) is 0. The summed E-state index contributed by atoms with van der Waals surface area (Å²) in [6.07, 6.45) is 16.2. The van der Waals surface area contributed by atoms with E-state index >= 15 is 0 Å². The lowest BCUT2D eigenvalue weighted by Crippen LogP contribution is -2.19. The van der Waals surface area contributed by atoms with Gasteiger partial charge in [-0.15, -0.1) is 0 Å². The summed E-state index contributed by atoms with van der Waals surface area (Å²) in [6, 6.07) is 19.1. The number of aryl methyl sites for hydroxylation is 1. The van der Waals surface area contributed by atoms with Gasteiger partial charge in [-0.05, 0) is 73.2 Å². The minimum Gasteiger partial charge on any atom is -0.464 e. The molecule has 0 saturated heterocycles. The maximum Gasteiger partial charge on any atom is 0.226 e. The third-order valence-electron chi connectivity index (χ3n) is 7.35. The van der Waals surface area contributed by atoms with E-state index < -0.39 is 0 Å². The molecule has 7 rings (SSSR count). The molecule has 0 fully saturated rings. The van der Waals surface area contributed by atoms with Gasteiger partial charge in [0.25, 0.3) is 0 Å². The van der Waals surface area contributed by atoms with Crippen molar-refractivity contribution in [3.63, 3.8) is 0 Å². The Bertz CT molecular complexity index is 1590. The predicted octanol–water partition coefficient (Wildman–Crippen LogP) is 7.55. The van der Waals surface area contributed by atoms with Crippen LogP contribution >= 0.6 is 0 Å². The molecule has 3 heterocycles. The molecule has 0 saturated carbocycles. The molecule has 5 heteroatoms. The lowest BCUT2D eigenvalue weighted by Gasteiger charge is -2.23. The van der Waals surface area contributed by atoms with Crippen LogP contribution in [0.5, 0.6) is 0 Å². The molecule has 5 nitrogen and oxygen atoms in total. The van der Waals surface area contributed by atoms with Crippen LogP contribution in [0.25, 0.3) is 39.8 Å². The molecule has 1 atom stereocenters. The summed E-state index contributed by atoms with van der Waals surface area (Å²) >= 11 is 0. The number of nitrogens with zero attached hydrogens (tertiary/aromatic N) is 3. The second kappa shape index (κ2) is 8.93. The number of ether oxygens (including phenoxy) is 1. The summed E-state index contributed by atoms with van der Waals surface area (Å²) in [7, 11) is 2.12. The van der Waals surface area contributed by atoms with E-state index in [4.69, 9.17) is 14.1 Å². The van der Waals surface area contributed by atoms with E-state index in [2.05, 4.69) is 77.6 Å².